The molecule has 1 N–H and O–H groups in total. The molecule has 0 aliphatic heterocycles. The van der Waals surface area contributed by atoms with Gasteiger partial charge in [-0.2, -0.15) is 4.98 Å². The summed E-state index contributed by atoms with van der Waals surface area (Å²) in [6.07, 6.45) is 1.58. The zero-order valence-corrected chi connectivity index (χ0v) is 12.1. The minimum atomic E-state index is -0.465. The van der Waals surface area contributed by atoms with E-state index in [-0.39, 0.29) is 5.69 Å². The van der Waals surface area contributed by atoms with Crippen LogP contribution in [0.25, 0.3) is 0 Å². The summed E-state index contributed by atoms with van der Waals surface area (Å²) in [5.74, 6) is 1.25. The fraction of sp³-hybridized carbons (Fsp3) is 0.167. The molecule has 104 valence electrons. The zero-order valence-electron chi connectivity index (χ0n) is 10.5. The molecule has 8 heteroatoms. The number of hydrogen-bond donors (Lipinski definition) is 1. The van der Waals surface area contributed by atoms with Crippen molar-refractivity contribution < 1.29 is 9.66 Å². The molecule has 2 aromatic rings. The van der Waals surface area contributed by atoms with Gasteiger partial charge >= 0.3 is 0 Å². The van der Waals surface area contributed by atoms with E-state index >= 15 is 0 Å². The lowest BCUT2D eigenvalue weighted by Gasteiger charge is -2.08. The van der Waals surface area contributed by atoms with Gasteiger partial charge in [0.15, 0.2) is 0 Å². The van der Waals surface area contributed by atoms with Crippen molar-refractivity contribution in [1.82, 2.24) is 9.97 Å². The molecule has 1 heterocycles. The van der Waals surface area contributed by atoms with Crippen LogP contribution in [0, 0.1) is 10.1 Å². The van der Waals surface area contributed by atoms with Crippen molar-refractivity contribution in [2.24, 2.45) is 0 Å². The molecule has 7 nitrogen and oxygen atoms in total. The zero-order chi connectivity index (χ0) is 14.5. The Bertz CT molecular complexity index is 619. The van der Waals surface area contributed by atoms with Crippen LogP contribution < -0.4 is 10.1 Å². The number of nitrogens with one attached hydrogen (secondary N) is 1. The van der Waals surface area contributed by atoms with Crippen molar-refractivity contribution in [3.63, 3.8) is 0 Å². The summed E-state index contributed by atoms with van der Waals surface area (Å²) in [7, 11) is 0. The number of non-ortho nitro benzene ring substituents is 1. The monoisotopic (exact) mass is 338 g/mol. The van der Waals surface area contributed by atoms with Crippen LogP contribution in [0.2, 0.25) is 0 Å². The van der Waals surface area contributed by atoms with Gasteiger partial charge in [0.1, 0.15) is 5.75 Å². The van der Waals surface area contributed by atoms with Gasteiger partial charge in [0, 0.05) is 18.7 Å². The number of nitro groups is 1. The lowest BCUT2D eigenvalue weighted by Crippen LogP contribution is -2.03. The summed E-state index contributed by atoms with van der Waals surface area (Å²) in [6.45, 7) is 2.63. The second-order valence-electron chi connectivity index (χ2n) is 3.73. The molecule has 0 spiro atoms. The fourth-order valence-corrected chi connectivity index (χ4v) is 1.69. The first-order valence-electron chi connectivity index (χ1n) is 5.79. The van der Waals surface area contributed by atoms with E-state index in [9.17, 15) is 10.1 Å². The molecule has 0 unspecified atom stereocenters. The second-order valence-corrected chi connectivity index (χ2v) is 4.58. The van der Waals surface area contributed by atoms with Crippen molar-refractivity contribution in [3.8, 4) is 11.6 Å². The molecule has 0 atom stereocenters. The summed E-state index contributed by atoms with van der Waals surface area (Å²) in [5.41, 5.74) is 0.00689. The highest BCUT2D eigenvalue weighted by Crippen LogP contribution is 2.28. The molecular weight excluding hydrogens is 328 g/mol. The van der Waals surface area contributed by atoms with E-state index in [2.05, 4.69) is 31.2 Å². The Balaban J connectivity index is 2.20. The highest BCUT2D eigenvalue weighted by molar-refractivity contribution is 9.10. The third-order valence-corrected chi connectivity index (χ3v) is 2.85. The standard InChI is InChI=1S/C12H11BrN4O3/c1-2-14-12-15-7-10(13)11(16-12)20-9-5-3-8(4-6-9)17(18)19/h3-7H,2H2,1H3,(H,14,15,16). The predicted molar refractivity (Wildman–Crippen MR) is 77.1 cm³/mol. The topological polar surface area (TPSA) is 90.2 Å². The van der Waals surface area contributed by atoms with Gasteiger partial charge in [-0.15, -0.1) is 0 Å². The molecule has 2 rings (SSSR count). The lowest BCUT2D eigenvalue weighted by molar-refractivity contribution is -0.384. The molecule has 0 saturated heterocycles. The number of ether oxygens (including phenoxy) is 1. The van der Waals surface area contributed by atoms with E-state index in [1.165, 1.54) is 24.3 Å². The van der Waals surface area contributed by atoms with Gasteiger partial charge in [-0.05, 0) is 35.0 Å². The van der Waals surface area contributed by atoms with Gasteiger partial charge in [-0.3, -0.25) is 10.1 Å². The van der Waals surface area contributed by atoms with Gasteiger partial charge in [0.05, 0.1) is 15.6 Å². The van der Waals surface area contributed by atoms with Gasteiger partial charge in [0.25, 0.3) is 5.69 Å². The van der Waals surface area contributed by atoms with Gasteiger partial charge in [-0.1, -0.05) is 0 Å². The van der Waals surface area contributed by atoms with E-state index in [1.54, 1.807) is 6.20 Å². The maximum absolute atomic E-state index is 10.6. The quantitative estimate of drug-likeness (QED) is 0.663. The van der Waals surface area contributed by atoms with Crippen molar-refractivity contribution in [3.05, 3.63) is 45.0 Å². The fourth-order valence-electron chi connectivity index (χ4n) is 1.41. The highest BCUT2D eigenvalue weighted by Gasteiger charge is 2.09. The van der Waals surface area contributed by atoms with Crippen LogP contribution in [-0.2, 0) is 0 Å². The van der Waals surface area contributed by atoms with Crippen LogP contribution in [0.1, 0.15) is 6.92 Å². The molecule has 1 aromatic carbocycles. The largest absolute Gasteiger partial charge is 0.438 e. The van der Waals surface area contributed by atoms with E-state index in [1.807, 2.05) is 6.92 Å². The van der Waals surface area contributed by atoms with E-state index in [0.717, 1.165) is 0 Å². The highest BCUT2D eigenvalue weighted by atomic mass is 79.9. The molecule has 0 saturated carbocycles. The Morgan fingerprint density at radius 2 is 2.10 bits per heavy atom. The number of halogens is 1. The number of rotatable bonds is 5. The SMILES string of the molecule is CCNc1ncc(Br)c(Oc2ccc([N+](=O)[O-])cc2)n1. The summed E-state index contributed by atoms with van der Waals surface area (Å²) < 4.78 is 6.17. The third-order valence-electron chi connectivity index (χ3n) is 2.31. The molecule has 0 amide bonds. The molecule has 0 radical (unpaired) electrons. The Kier molecular flexibility index (Phi) is 4.46. The van der Waals surface area contributed by atoms with Gasteiger partial charge in [0.2, 0.25) is 11.8 Å². The summed E-state index contributed by atoms with van der Waals surface area (Å²) in [5, 5.41) is 13.5. The molecule has 20 heavy (non-hydrogen) atoms. The average Bonchev–Trinajstić information content (AvgIpc) is 2.43. The normalized spacial score (nSPS) is 10.1. The maximum atomic E-state index is 10.6. The van der Waals surface area contributed by atoms with Crippen LogP contribution in [0.3, 0.4) is 0 Å². The average molecular weight is 339 g/mol. The summed E-state index contributed by atoms with van der Waals surface area (Å²) >= 11 is 3.29. The molecule has 0 aliphatic rings. The number of benzene rings is 1. The number of aromatic nitrogens is 2. The first-order chi connectivity index (χ1) is 9.60. The molecule has 0 aliphatic carbocycles. The molecule has 0 fully saturated rings. The van der Waals surface area contributed by atoms with E-state index in [0.29, 0.717) is 28.6 Å². The molecular formula is C12H11BrN4O3. The molecule has 0 bridgehead atoms. The first-order valence-corrected chi connectivity index (χ1v) is 6.58. The van der Waals surface area contributed by atoms with Crippen molar-refractivity contribution in [1.29, 1.82) is 0 Å². The van der Waals surface area contributed by atoms with Crippen molar-refractivity contribution in [2.75, 3.05) is 11.9 Å². The number of nitrogens with zero attached hydrogens (tertiary/aromatic N) is 3. The lowest BCUT2D eigenvalue weighted by atomic mass is 10.3. The van der Waals surface area contributed by atoms with Crippen LogP contribution in [0.15, 0.2) is 34.9 Å². The smallest absolute Gasteiger partial charge is 0.269 e. The minimum Gasteiger partial charge on any atom is -0.438 e. The van der Waals surface area contributed by atoms with Gasteiger partial charge in [-0.25, -0.2) is 4.98 Å². The minimum absolute atomic E-state index is 0.00689. The van der Waals surface area contributed by atoms with E-state index < -0.39 is 4.92 Å². The van der Waals surface area contributed by atoms with Crippen molar-refractivity contribution >= 4 is 27.6 Å². The first kappa shape index (κ1) is 14.2. The predicted octanol–water partition coefficient (Wildman–Crippen LogP) is 3.37. The van der Waals surface area contributed by atoms with E-state index in [4.69, 9.17) is 4.74 Å². The Morgan fingerprint density at radius 3 is 2.70 bits per heavy atom. The van der Waals surface area contributed by atoms with Crippen molar-refractivity contribution in [2.45, 2.75) is 6.92 Å². The van der Waals surface area contributed by atoms with Gasteiger partial charge < -0.3 is 10.1 Å². The third kappa shape index (κ3) is 3.41. The maximum Gasteiger partial charge on any atom is 0.269 e. The number of nitro benzene ring substituents is 1. The van der Waals surface area contributed by atoms with Crippen LogP contribution in [0.5, 0.6) is 11.6 Å². The summed E-state index contributed by atoms with van der Waals surface area (Å²) in [4.78, 5) is 18.4. The van der Waals surface area contributed by atoms with Crippen LogP contribution >= 0.6 is 15.9 Å². The summed E-state index contributed by atoms with van der Waals surface area (Å²) in [6, 6.07) is 5.77. The van der Waals surface area contributed by atoms with Crippen LogP contribution in [0.4, 0.5) is 11.6 Å². The number of anilines is 1. The number of hydrogen-bond acceptors (Lipinski definition) is 6. The Morgan fingerprint density at radius 1 is 1.40 bits per heavy atom. The molecule has 1 aromatic heterocycles. The second kappa shape index (κ2) is 6.29. The Labute approximate surface area is 123 Å². The Hall–Kier alpha value is -2.22. The van der Waals surface area contributed by atoms with Crippen LogP contribution in [-0.4, -0.2) is 21.4 Å².